The van der Waals surface area contributed by atoms with E-state index in [4.69, 9.17) is 18.5 Å². The molecule has 1 aliphatic carbocycles. The number of aliphatic hydroxyl groups excluding tert-OH is 5. The lowest BCUT2D eigenvalue weighted by Crippen LogP contribution is -2.64. The van der Waals surface area contributed by atoms with Crippen molar-refractivity contribution in [3.05, 3.63) is 24.3 Å². The summed E-state index contributed by atoms with van der Waals surface area (Å²) in [6.07, 6.45) is 28.2. The predicted molar refractivity (Wildman–Crippen MR) is 230 cm³/mol. The van der Waals surface area contributed by atoms with Crippen LogP contribution >= 0.6 is 7.82 Å². The van der Waals surface area contributed by atoms with Gasteiger partial charge in [0.05, 0.1) is 13.2 Å². The van der Waals surface area contributed by atoms with Crippen molar-refractivity contribution in [2.24, 2.45) is 0 Å². The van der Waals surface area contributed by atoms with Gasteiger partial charge in [0.2, 0.25) is 0 Å². The number of rotatable bonds is 39. The van der Waals surface area contributed by atoms with E-state index in [9.17, 15) is 39.8 Å². The molecule has 6 atom stereocenters. The number of aliphatic hydroxyl groups is 5. The Labute approximate surface area is 351 Å². The van der Waals surface area contributed by atoms with Crippen LogP contribution in [0.15, 0.2) is 24.3 Å². The first-order valence-electron chi connectivity index (χ1n) is 23.2. The van der Waals surface area contributed by atoms with Gasteiger partial charge in [0.15, 0.2) is 0 Å². The zero-order chi connectivity index (χ0) is 42.7. The minimum absolute atomic E-state index is 0.0785. The lowest BCUT2D eigenvalue weighted by atomic mass is 9.85. The van der Waals surface area contributed by atoms with Crippen molar-refractivity contribution in [3.63, 3.8) is 0 Å². The predicted octanol–water partition coefficient (Wildman–Crippen LogP) is 9.31. The van der Waals surface area contributed by atoms with Crippen molar-refractivity contribution in [1.29, 1.82) is 0 Å². The second-order valence-corrected chi connectivity index (χ2v) is 17.7. The maximum atomic E-state index is 12.8. The van der Waals surface area contributed by atoms with E-state index < -0.39 is 63.1 Å². The summed E-state index contributed by atoms with van der Waals surface area (Å²) < 4.78 is 34.2. The molecule has 0 radical (unpaired) electrons. The van der Waals surface area contributed by atoms with Gasteiger partial charge < -0.3 is 39.9 Å². The van der Waals surface area contributed by atoms with Gasteiger partial charge in [-0.05, 0) is 38.5 Å². The zero-order valence-electron chi connectivity index (χ0n) is 36.4. The molecule has 13 heteroatoms. The van der Waals surface area contributed by atoms with Crippen molar-refractivity contribution in [2.45, 2.75) is 236 Å². The van der Waals surface area contributed by atoms with Gasteiger partial charge in [0.25, 0.3) is 0 Å². The molecule has 342 valence electrons. The molecule has 0 heterocycles. The Morgan fingerprint density at radius 1 is 0.552 bits per heavy atom. The highest BCUT2D eigenvalue weighted by Crippen LogP contribution is 2.47. The number of carbonyl (C=O) groups is 1. The summed E-state index contributed by atoms with van der Waals surface area (Å²) in [6.45, 7) is 4.19. The SMILES string of the molecule is CCC/C=C\C/C=C\CCCCCCCC(=O)OC(COCCCCCCCCCCCCCCCCCCCC)COP(=O)(O)OC1C(O)C(O)C(O)C(O)C1O. The van der Waals surface area contributed by atoms with E-state index in [1.807, 2.05) is 0 Å². The average molecular weight is 849 g/mol. The summed E-state index contributed by atoms with van der Waals surface area (Å²) in [6, 6.07) is 0. The standard InChI is InChI=1S/C45H85O12P/c1-3-5-7-9-11-13-15-17-18-19-20-21-23-25-27-29-31-33-35-54-36-38(37-55-58(52,53)57-45-43(50)41(48)40(47)42(49)44(45)51)56-39(46)34-32-30-28-26-24-22-16-14-12-10-8-6-4-2/h8,10,14,16,38,40-45,47-51H,3-7,9,11-13,15,17-37H2,1-2H3,(H,52,53)/b10-8-,16-14-. The number of esters is 1. The lowest BCUT2D eigenvalue weighted by Gasteiger charge is -2.41. The smallest absolute Gasteiger partial charge is 0.457 e. The summed E-state index contributed by atoms with van der Waals surface area (Å²) in [5.74, 6) is -0.489. The molecule has 0 aliphatic heterocycles. The molecule has 6 N–H and O–H groups in total. The fourth-order valence-corrected chi connectivity index (χ4v) is 8.07. The van der Waals surface area contributed by atoms with Crippen LogP contribution in [0.1, 0.15) is 194 Å². The van der Waals surface area contributed by atoms with E-state index in [1.165, 1.54) is 96.3 Å². The number of phosphoric ester groups is 1. The molecule has 0 aromatic heterocycles. The van der Waals surface area contributed by atoms with E-state index in [-0.39, 0.29) is 13.0 Å². The first-order valence-corrected chi connectivity index (χ1v) is 24.7. The molecule has 1 fully saturated rings. The maximum Gasteiger partial charge on any atom is 0.472 e. The minimum Gasteiger partial charge on any atom is -0.457 e. The van der Waals surface area contributed by atoms with Crippen LogP contribution in [-0.4, -0.2) is 98.9 Å². The number of ether oxygens (including phenoxy) is 2. The van der Waals surface area contributed by atoms with Crippen LogP contribution in [-0.2, 0) is 27.9 Å². The Morgan fingerprint density at radius 3 is 1.52 bits per heavy atom. The molecule has 58 heavy (non-hydrogen) atoms. The van der Waals surface area contributed by atoms with E-state index >= 15 is 0 Å². The van der Waals surface area contributed by atoms with Gasteiger partial charge >= 0.3 is 13.8 Å². The highest BCUT2D eigenvalue weighted by atomic mass is 31.2. The van der Waals surface area contributed by atoms with Crippen LogP contribution < -0.4 is 0 Å². The fourth-order valence-electron chi connectivity index (χ4n) is 7.10. The zero-order valence-corrected chi connectivity index (χ0v) is 37.2. The Kier molecular flexibility index (Phi) is 34.5. The third-order valence-corrected chi connectivity index (χ3v) is 11.8. The third kappa shape index (κ3) is 28.4. The van der Waals surface area contributed by atoms with Gasteiger partial charge in [0.1, 0.15) is 42.7 Å². The van der Waals surface area contributed by atoms with Gasteiger partial charge in [-0.1, -0.05) is 173 Å². The molecular weight excluding hydrogens is 763 g/mol. The minimum atomic E-state index is -5.02. The number of carbonyl (C=O) groups excluding carboxylic acids is 1. The normalized spacial score (nSPS) is 22.8. The molecule has 0 bridgehead atoms. The average Bonchev–Trinajstić information content (AvgIpc) is 3.21. The Balaban J connectivity index is 2.38. The molecular formula is C45H85O12P. The van der Waals surface area contributed by atoms with E-state index in [2.05, 4.69) is 38.2 Å². The largest absolute Gasteiger partial charge is 0.472 e. The highest BCUT2D eigenvalue weighted by Gasteiger charge is 2.51. The van der Waals surface area contributed by atoms with Crippen LogP contribution in [0.4, 0.5) is 0 Å². The number of unbranched alkanes of at least 4 members (excludes halogenated alkanes) is 23. The number of allylic oxidation sites excluding steroid dienone is 4. The van der Waals surface area contributed by atoms with Crippen LogP contribution in [0, 0.1) is 0 Å². The molecule has 1 aliphatic rings. The summed E-state index contributed by atoms with van der Waals surface area (Å²) in [5, 5.41) is 50.1. The first-order chi connectivity index (χ1) is 28.0. The van der Waals surface area contributed by atoms with E-state index in [0.29, 0.717) is 13.0 Å². The van der Waals surface area contributed by atoms with Crippen LogP contribution in [0.2, 0.25) is 0 Å². The maximum absolute atomic E-state index is 12.8. The first kappa shape index (κ1) is 54.8. The number of phosphoric acid groups is 1. The molecule has 1 saturated carbocycles. The summed E-state index contributed by atoms with van der Waals surface area (Å²) in [7, 11) is -5.02. The van der Waals surface area contributed by atoms with E-state index in [0.717, 1.165) is 70.6 Å². The molecule has 0 amide bonds. The van der Waals surface area contributed by atoms with Crippen molar-refractivity contribution >= 4 is 13.8 Å². The van der Waals surface area contributed by atoms with Gasteiger partial charge in [-0.3, -0.25) is 13.8 Å². The molecule has 1 rings (SSSR count). The molecule has 0 spiro atoms. The van der Waals surface area contributed by atoms with Crippen LogP contribution in [0.5, 0.6) is 0 Å². The van der Waals surface area contributed by atoms with Gasteiger partial charge in [0, 0.05) is 13.0 Å². The lowest BCUT2D eigenvalue weighted by molar-refractivity contribution is -0.220. The monoisotopic (exact) mass is 849 g/mol. The number of hydrogen-bond donors (Lipinski definition) is 6. The number of hydrogen-bond acceptors (Lipinski definition) is 11. The summed E-state index contributed by atoms with van der Waals surface area (Å²) in [5.41, 5.74) is 0. The third-order valence-electron chi connectivity index (χ3n) is 10.8. The molecule has 12 nitrogen and oxygen atoms in total. The quantitative estimate of drug-likeness (QED) is 0.0149. The summed E-state index contributed by atoms with van der Waals surface area (Å²) >= 11 is 0. The fraction of sp³-hybridized carbons (Fsp3) is 0.889. The van der Waals surface area contributed by atoms with Gasteiger partial charge in [-0.25, -0.2) is 4.57 Å². The second kappa shape index (κ2) is 36.5. The molecule has 6 unspecified atom stereocenters. The van der Waals surface area contributed by atoms with E-state index in [1.54, 1.807) is 0 Å². The Hall–Kier alpha value is -1.18. The van der Waals surface area contributed by atoms with Crippen molar-refractivity contribution in [2.75, 3.05) is 19.8 Å². The van der Waals surface area contributed by atoms with Crippen molar-refractivity contribution in [3.8, 4) is 0 Å². The van der Waals surface area contributed by atoms with Crippen molar-refractivity contribution in [1.82, 2.24) is 0 Å². The van der Waals surface area contributed by atoms with Gasteiger partial charge in [-0.2, -0.15) is 0 Å². The molecule has 0 saturated heterocycles. The van der Waals surface area contributed by atoms with Crippen molar-refractivity contribution < 1.29 is 58.3 Å². The van der Waals surface area contributed by atoms with Gasteiger partial charge in [-0.15, -0.1) is 0 Å². The molecule has 0 aromatic carbocycles. The summed E-state index contributed by atoms with van der Waals surface area (Å²) in [4.78, 5) is 23.1. The highest BCUT2D eigenvalue weighted by molar-refractivity contribution is 7.47. The molecule has 0 aromatic rings. The topological polar surface area (TPSA) is 192 Å². The Morgan fingerprint density at radius 2 is 1.00 bits per heavy atom. The Bertz CT molecular complexity index is 1060. The van der Waals surface area contributed by atoms with Crippen LogP contribution in [0.3, 0.4) is 0 Å². The second-order valence-electron chi connectivity index (χ2n) is 16.3. The van der Waals surface area contributed by atoms with Crippen LogP contribution in [0.25, 0.3) is 0 Å².